The van der Waals surface area contributed by atoms with Crippen LogP contribution in [0, 0.1) is 25.5 Å². The van der Waals surface area contributed by atoms with Crippen LogP contribution in [-0.2, 0) is 6.54 Å². The Balaban J connectivity index is 1.78. The molecular formula is C22H16F2N4OS. The molecule has 0 aliphatic rings. The molecule has 3 heterocycles. The molecule has 2 aromatic carbocycles. The minimum atomic E-state index is -1.06. The third-order valence-electron chi connectivity index (χ3n) is 5.18. The quantitative estimate of drug-likeness (QED) is 0.448. The van der Waals surface area contributed by atoms with E-state index in [4.69, 9.17) is 4.98 Å². The van der Waals surface area contributed by atoms with E-state index in [1.807, 2.05) is 36.6 Å². The standard InChI is InChI=1S/C22H16F2N4OS/c1-11-3-6-17-16(7-11)26-22(21-12(2)25-10-30-21)28(17)9-13-8-18(29)27-20-14(13)4-5-15(23)19(20)24/h3-8,10H,9H2,1-2H3,(H,27,29). The van der Waals surface area contributed by atoms with E-state index in [0.717, 1.165) is 39.1 Å². The summed E-state index contributed by atoms with van der Waals surface area (Å²) in [5.41, 5.74) is 5.38. The Morgan fingerprint density at radius 3 is 2.73 bits per heavy atom. The first-order valence-corrected chi connectivity index (χ1v) is 10.2. The van der Waals surface area contributed by atoms with Gasteiger partial charge in [-0.05, 0) is 49.2 Å². The minimum Gasteiger partial charge on any atom is -0.319 e. The minimum absolute atomic E-state index is 0.131. The highest BCUT2D eigenvalue weighted by Crippen LogP contribution is 2.32. The van der Waals surface area contributed by atoms with Gasteiger partial charge in [0.2, 0.25) is 5.56 Å². The lowest BCUT2D eigenvalue weighted by Gasteiger charge is -2.12. The fourth-order valence-corrected chi connectivity index (χ4v) is 4.53. The number of thiazole rings is 1. The molecular weight excluding hydrogens is 406 g/mol. The fraction of sp³-hybridized carbons (Fsp3) is 0.136. The van der Waals surface area contributed by atoms with Crippen LogP contribution < -0.4 is 5.56 Å². The highest BCUT2D eigenvalue weighted by molar-refractivity contribution is 7.13. The number of imidazole rings is 1. The summed E-state index contributed by atoms with van der Waals surface area (Å²) >= 11 is 1.49. The average molecular weight is 422 g/mol. The number of aromatic amines is 1. The molecule has 5 aromatic rings. The Morgan fingerprint density at radius 2 is 1.97 bits per heavy atom. The molecule has 0 atom stereocenters. The molecule has 0 aliphatic heterocycles. The predicted octanol–water partition coefficient (Wildman–Crippen LogP) is 4.94. The van der Waals surface area contributed by atoms with Gasteiger partial charge < -0.3 is 9.55 Å². The van der Waals surface area contributed by atoms with Crippen molar-refractivity contribution in [3.8, 4) is 10.7 Å². The van der Waals surface area contributed by atoms with Crippen LogP contribution in [0.3, 0.4) is 0 Å². The van der Waals surface area contributed by atoms with Crippen molar-refractivity contribution in [3.63, 3.8) is 0 Å². The maximum absolute atomic E-state index is 14.3. The molecule has 0 spiro atoms. The first-order chi connectivity index (χ1) is 14.4. The fourth-order valence-electron chi connectivity index (χ4n) is 3.73. The molecule has 0 unspecified atom stereocenters. The SMILES string of the molecule is Cc1ccc2c(c1)nc(-c1scnc1C)n2Cc1cc(=O)[nH]c2c(F)c(F)ccc12. The Kier molecular flexibility index (Phi) is 4.25. The summed E-state index contributed by atoms with van der Waals surface area (Å²) < 4.78 is 30.0. The zero-order valence-corrected chi connectivity index (χ0v) is 17.0. The van der Waals surface area contributed by atoms with E-state index in [-0.39, 0.29) is 12.1 Å². The summed E-state index contributed by atoms with van der Waals surface area (Å²) in [5, 5.41) is 0.453. The number of hydrogen-bond donors (Lipinski definition) is 1. The lowest BCUT2D eigenvalue weighted by atomic mass is 10.1. The van der Waals surface area contributed by atoms with Crippen LogP contribution in [0.25, 0.3) is 32.6 Å². The van der Waals surface area contributed by atoms with Gasteiger partial charge in [0.1, 0.15) is 0 Å². The zero-order chi connectivity index (χ0) is 21.0. The molecule has 5 nitrogen and oxygen atoms in total. The van der Waals surface area contributed by atoms with E-state index >= 15 is 0 Å². The highest BCUT2D eigenvalue weighted by Gasteiger charge is 2.19. The van der Waals surface area contributed by atoms with Crippen molar-refractivity contribution in [1.29, 1.82) is 0 Å². The molecule has 0 saturated carbocycles. The average Bonchev–Trinajstić information content (AvgIpc) is 3.28. The molecule has 8 heteroatoms. The van der Waals surface area contributed by atoms with Crippen LogP contribution in [0.2, 0.25) is 0 Å². The smallest absolute Gasteiger partial charge is 0.248 e. The van der Waals surface area contributed by atoms with Crippen LogP contribution in [0.15, 0.2) is 46.7 Å². The monoisotopic (exact) mass is 422 g/mol. The number of nitrogens with one attached hydrogen (secondary N) is 1. The number of benzene rings is 2. The zero-order valence-electron chi connectivity index (χ0n) is 16.2. The Hall–Kier alpha value is -3.39. The molecule has 0 saturated heterocycles. The summed E-state index contributed by atoms with van der Waals surface area (Å²) in [5.74, 6) is -1.33. The number of rotatable bonds is 3. The van der Waals surface area contributed by atoms with E-state index in [9.17, 15) is 13.6 Å². The lowest BCUT2D eigenvalue weighted by molar-refractivity contribution is 0.515. The molecule has 30 heavy (non-hydrogen) atoms. The van der Waals surface area contributed by atoms with E-state index < -0.39 is 17.2 Å². The van der Waals surface area contributed by atoms with E-state index in [2.05, 4.69) is 9.97 Å². The first kappa shape index (κ1) is 18.6. The Morgan fingerprint density at radius 1 is 1.13 bits per heavy atom. The van der Waals surface area contributed by atoms with Crippen molar-refractivity contribution in [2.24, 2.45) is 0 Å². The van der Waals surface area contributed by atoms with Gasteiger partial charge in [0.25, 0.3) is 0 Å². The van der Waals surface area contributed by atoms with Crippen LogP contribution in [0.5, 0.6) is 0 Å². The van der Waals surface area contributed by atoms with Gasteiger partial charge in [0.05, 0.1) is 39.2 Å². The van der Waals surface area contributed by atoms with Crippen molar-refractivity contribution in [2.75, 3.05) is 0 Å². The van der Waals surface area contributed by atoms with Gasteiger partial charge in [-0.1, -0.05) is 6.07 Å². The molecule has 0 aliphatic carbocycles. The van der Waals surface area contributed by atoms with Crippen molar-refractivity contribution in [2.45, 2.75) is 20.4 Å². The third kappa shape index (κ3) is 2.91. The summed E-state index contributed by atoms with van der Waals surface area (Å²) in [6, 6.07) is 9.95. The molecule has 0 radical (unpaired) electrons. The van der Waals surface area contributed by atoms with Crippen LogP contribution in [-0.4, -0.2) is 19.5 Å². The molecule has 150 valence electrons. The molecule has 1 N–H and O–H groups in total. The number of hydrogen-bond acceptors (Lipinski definition) is 4. The summed E-state index contributed by atoms with van der Waals surface area (Å²) in [6.07, 6.45) is 0. The molecule has 0 fully saturated rings. The highest BCUT2D eigenvalue weighted by atomic mass is 32.1. The normalized spacial score (nSPS) is 11.6. The summed E-state index contributed by atoms with van der Waals surface area (Å²) in [6.45, 7) is 4.19. The number of H-pyrrole nitrogens is 1. The number of aromatic nitrogens is 4. The van der Waals surface area contributed by atoms with Gasteiger partial charge in [-0.25, -0.2) is 18.7 Å². The second kappa shape index (κ2) is 6.84. The first-order valence-electron chi connectivity index (χ1n) is 9.29. The maximum Gasteiger partial charge on any atom is 0.248 e. The Bertz CT molecular complexity index is 1500. The number of fused-ring (bicyclic) bond motifs is 2. The molecule has 5 rings (SSSR count). The summed E-state index contributed by atoms with van der Waals surface area (Å²) in [7, 11) is 0. The van der Waals surface area contributed by atoms with Gasteiger partial charge in [0.15, 0.2) is 17.5 Å². The van der Waals surface area contributed by atoms with Crippen LogP contribution in [0.1, 0.15) is 16.8 Å². The number of pyridine rings is 1. The van der Waals surface area contributed by atoms with Crippen molar-refractivity contribution in [1.82, 2.24) is 19.5 Å². The van der Waals surface area contributed by atoms with E-state index in [1.165, 1.54) is 23.5 Å². The number of halogens is 2. The number of aryl methyl sites for hydroxylation is 2. The largest absolute Gasteiger partial charge is 0.319 e. The van der Waals surface area contributed by atoms with Gasteiger partial charge in [0, 0.05) is 11.5 Å². The summed E-state index contributed by atoms with van der Waals surface area (Å²) in [4.78, 5) is 24.7. The van der Waals surface area contributed by atoms with Crippen molar-refractivity contribution in [3.05, 3.63) is 80.7 Å². The van der Waals surface area contributed by atoms with Gasteiger partial charge in [-0.15, -0.1) is 11.3 Å². The second-order valence-corrected chi connectivity index (χ2v) is 8.08. The van der Waals surface area contributed by atoms with Gasteiger partial charge in [-0.2, -0.15) is 0 Å². The lowest BCUT2D eigenvalue weighted by Crippen LogP contribution is -2.11. The van der Waals surface area contributed by atoms with Crippen LogP contribution in [0.4, 0.5) is 8.78 Å². The van der Waals surface area contributed by atoms with E-state index in [0.29, 0.717) is 10.9 Å². The molecule has 3 aromatic heterocycles. The molecule has 0 amide bonds. The number of nitrogens with zero attached hydrogens (tertiary/aromatic N) is 3. The maximum atomic E-state index is 14.3. The van der Waals surface area contributed by atoms with Crippen molar-refractivity contribution >= 4 is 33.3 Å². The van der Waals surface area contributed by atoms with Crippen LogP contribution >= 0.6 is 11.3 Å². The Labute approximate surface area is 173 Å². The second-order valence-electron chi connectivity index (χ2n) is 7.22. The van der Waals surface area contributed by atoms with E-state index in [1.54, 1.807) is 5.51 Å². The predicted molar refractivity (Wildman–Crippen MR) is 114 cm³/mol. The van der Waals surface area contributed by atoms with Gasteiger partial charge in [-0.3, -0.25) is 4.79 Å². The van der Waals surface area contributed by atoms with Crippen molar-refractivity contribution < 1.29 is 8.78 Å². The van der Waals surface area contributed by atoms with Gasteiger partial charge >= 0.3 is 0 Å². The molecule has 0 bridgehead atoms. The topological polar surface area (TPSA) is 63.6 Å². The third-order valence-corrected chi connectivity index (χ3v) is 6.10.